The lowest BCUT2D eigenvalue weighted by Crippen LogP contribution is -2.25. The van der Waals surface area contributed by atoms with Crippen LogP contribution in [0.2, 0.25) is 5.02 Å². The highest BCUT2D eigenvalue weighted by atomic mass is 79.9. The number of hydrogen-bond acceptors (Lipinski definition) is 3. The molecule has 5 heteroatoms. The minimum absolute atomic E-state index is 0.475. The van der Waals surface area contributed by atoms with Gasteiger partial charge in [-0.05, 0) is 23.8 Å². The summed E-state index contributed by atoms with van der Waals surface area (Å²) in [6.07, 6.45) is -0.579. The van der Waals surface area contributed by atoms with Gasteiger partial charge in [-0.1, -0.05) is 27.5 Å². The number of benzene rings is 1. The Balaban J connectivity index is 2.51. The molecule has 0 aliphatic carbocycles. The Hall–Kier alpha value is -0.130. The van der Waals surface area contributed by atoms with Crippen LogP contribution >= 0.6 is 27.5 Å². The maximum absolute atomic E-state index is 9.93. The minimum Gasteiger partial charge on any atom is -0.387 e. The summed E-state index contributed by atoms with van der Waals surface area (Å²) in [4.78, 5) is 0. The molecule has 0 fully saturated rings. The summed E-state index contributed by atoms with van der Waals surface area (Å²) in [6.45, 7) is 1.82. The number of aliphatic hydroxyl groups is 1. The summed E-state index contributed by atoms with van der Waals surface area (Å²) in [5.41, 5.74) is 0.789. The molecule has 0 aliphatic heterocycles. The van der Waals surface area contributed by atoms with Crippen LogP contribution in [0.5, 0.6) is 0 Å². The van der Waals surface area contributed by atoms with Gasteiger partial charge in [0.1, 0.15) is 0 Å². The zero-order valence-electron chi connectivity index (χ0n) is 9.04. The molecule has 1 rings (SSSR count). The molecule has 2 N–H and O–H groups in total. The molecule has 1 atom stereocenters. The van der Waals surface area contributed by atoms with Gasteiger partial charge >= 0.3 is 0 Å². The van der Waals surface area contributed by atoms with Gasteiger partial charge in [0.15, 0.2) is 0 Å². The van der Waals surface area contributed by atoms with Gasteiger partial charge < -0.3 is 15.2 Å². The summed E-state index contributed by atoms with van der Waals surface area (Å²) in [7, 11) is 1.64. The van der Waals surface area contributed by atoms with Crippen molar-refractivity contribution in [1.82, 2.24) is 5.32 Å². The average molecular weight is 309 g/mol. The van der Waals surface area contributed by atoms with Crippen molar-refractivity contribution >= 4 is 27.5 Å². The first-order valence-electron chi connectivity index (χ1n) is 4.98. The Morgan fingerprint density at radius 3 is 3.00 bits per heavy atom. The Kier molecular flexibility index (Phi) is 6.31. The van der Waals surface area contributed by atoms with Crippen molar-refractivity contribution in [2.24, 2.45) is 0 Å². The highest BCUT2D eigenvalue weighted by molar-refractivity contribution is 9.10. The van der Waals surface area contributed by atoms with Crippen LogP contribution in [0.3, 0.4) is 0 Å². The fourth-order valence-electron chi connectivity index (χ4n) is 1.29. The van der Waals surface area contributed by atoms with Crippen LogP contribution in [-0.2, 0) is 4.74 Å². The number of methoxy groups -OCH3 is 1. The number of nitrogens with one attached hydrogen (secondary N) is 1. The molecule has 0 radical (unpaired) electrons. The summed E-state index contributed by atoms with van der Waals surface area (Å²) in [5.74, 6) is 0. The predicted molar refractivity (Wildman–Crippen MR) is 68.9 cm³/mol. The van der Waals surface area contributed by atoms with Gasteiger partial charge in [-0.2, -0.15) is 0 Å². The molecule has 0 spiro atoms. The van der Waals surface area contributed by atoms with Crippen molar-refractivity contribution in [3.05, 3.63) is 33.3 Å². The van der Waals surface area contributed by atoms with E-state index >= 15 is 0 Å². The molecular weight excluding hydrogens is 293 g/mol. The highest BCUT2D eigenvalue weighted by Crippen LogP contribution is 2.26. The van der Waals surface area contributed by atoms with Crippen molar-refractivity contribution in [3.8, 4) is 0 Å². The standard InChI is InChI=1S/C11H15BrClNO2/c1-16-5-4-14-7-11(15)9-6-8(13)2-3-10(9)12/h2-3,6,11,14-15H,4-5,7H2,1H3. The summed E-state index contributed by atoms with van der Waals surface area (Å²) in [5, 5.41) is 13.6. The van der Waals surface area contributed by atoms with Crippen LogP contribution in [0.15, 0.2) is 22.7 Å². The van der Waals surface area contributed by atoms with Crippen molar-refractivity contribution < 1.29 is 9.84 Å². The molecule has 1 aromatic carbocycles. The average Bonchev–Trinajstić information content (AvgIpc) is 2.27. The van der Waals surface area contributed by atoms with E-state index in [0.717, 1.165) is 10.0 Å². The van der Waals surface area contributed by atoms with E-state index in [1.165, 1.54) is 0 Å². The monoisotopic (exact) mass is 307 g/mol. The molecule has 16 heavy (non-hydrogen) atoms. The van der Waals surface area contributed by atoms with Crippen LogP contribution in [0.4, 0.5) is 0 Å². The molecule has 0 saturated heterocycles. The molecular formula is C11H15BrClNO2. The second-order valence-corrected chi connectivity index (χ2v) is 4.67. The number of ether oxygens (including phenoxy) is 1. The molecule has 1 aromatic rings. The Bertz CT molecular complexity index is 336. The first kappa shape index (κ1) is 13.9. The smallest absolute Gasteiger partial charge is 0.0925 e. The third-order valence-corrected chi connectivity index (χ3v) is 3.09. The molecule has 0 saturated carbocycles. The second-order valence-electron chi connectivity index (χ2n) is 3.38. The van der Waals surface area contributed by atoms with Gasteiger partial charge in [0, 0.05) is 29.7 Å². The van der Waals surface area contributed by atoms with Crippen LogP contribution in [0, 0.1) is 0 Å². The molecule has 1 unspecified atom stereocenters. The van der Waals surface area contributed by atoms with Crippen LogP contribution in [-0.4, -0.2) is 31.9 Å². The molecule has 0 bridgehead atoms. The summed E-state index contributed by atoms with van der Waals surface area (Å²) in [6, 6.07) is 5.37. The fourth-order valence-corrected chi connectivity index (χ4v) is 1.98. The van der Waals surface area contributed by atoms with Crippen molar-refractivity contribution in [3.63, 3.8) is 0 Å². The first-order valence-corrected chi connectivity index (χ1v) is 6.15. The third kappa shape index (κ3) is 4.39. The van der Waals surface area contributed by atoms with Crippen molar-refractivity contribution in [1.29, 1.82) is 0 Å². The van der Waals surface area contributed by atoms with E-state index in [9.17, 15) is 5.11 Å². The molecule has 0 aliphatic rings. The van der Waals surface area contributed by atoms with E-state index < -0.39 is 6.10 Å². The maximum atomic E-state index is 9.93. The minimum atomic E-state index is -0.579. The third-order valence-electron chi connectivity index (χ3n) is 2.14. The van der Waals surface area contributed by atoms with Gasteiger partial charge in [-0.3, -0.25) is 0 Å². The normalized spacial score (nSPS) is 12.8. The molecule has 0 heterocycles. The van der Waals surface area contributed by atoms with Crippen molar-refractivity contribution in [2.45, 2.75) is 6.10 Å². The van der Waals surface area contributed by atoms with Gasteiger partial charge in [0.2, 0.25) is 0 Å². The zero-order valence-corrected chi connectivity index (χ0v) is 11.4. The molecule has 3 nitrogen and oxygen atoms in total. The van der Waals surface area contributed by atoms with E-state index in [2.05, 4.69) is 21.2 Å². The largest absolute Gasteiger partial charge is 0.387 e. The topological polar surface area (TPSA) is 41.5 Å². The molecule has 0 aromatic heterocycles. The van der Waals surface area contributed by atoms with Gasteiger partial charge in [-0.15, -0.1) is 0 Å². The molecule has 0 amide bonds. The number of halogens is 2. The number of aliphatic hydroxyl groups excluding tert-OH is 1. The lowest BCUT2D eigenvalue weighted by Gasteiger charge is -2.14. The van der Waals surface area contributed by atoms with E-state index in [1.807, 2.05) is 6.07 Å². The first-order chi connectivity index (χ1) is 7.65. The Morgan fingerprint density at radius 1 is 1.56 bits per heavy atom. The highest BCUT2D eigenvalue weighted by Gasteiger charge is 2.11. The number of rotatable bonds is 6. The SMILES string of the molecule is COCCNCC(O)c1cc(Cl)ccc1Br. The maximum Gasteiger partial charge on any atom is 0.0925 e. The van der Waals surface area contributed by atoms with E-state index in [4.69, 9.17) is 16.3 Å². The fraction of sp³-hybridized carbons (Fsp3) is 0.455. The second kappa shape index (κ2) is 7.25. The van der Waals surface area contributed by atoms with E-state index in [0.29, 0.717) is 24.7 Å². The van der Waals surface area contributed by atoms with Crippen LogP contribution in [0.1, 0.15) is 11.7 Å². The van der Waals surface area contributed by atoms with E-state index in [-0.39, 0.29) is 0 Å². The van der Waals surface area contributed by atoms with Crippen molar-refractivity contribution in [2.75, 3.05) is 26.8 Å². The quantitative estimate of drug-likeness (QED) is 0.793. The van der Waals surface area contributed by atoms with Crippen LogP contribution in [0.25, 0.3) is 0 Å². The van der Waals surface area contributed by atoms with E-state index in [1.54, 1.807) is 19.2 Å². The Morgan fingerprint density at radius 2 is 2.31 bits per heavy atom. The molecule has 90 valence electrons. The Labute approximate surface area is 109 Å². The van der Waals surface area contributed by atoms with Gasteiger partial charge in [0.25, 0.3) is 0 Å². The van der Waals surface area contributed by atoms with Gasteiger partial charge in [0.05, 0.1) is 12.7 Å². The summed E-state index contributed by atoms with van der Waals surface area (Å²) < 4.78 is 5.76. The predicted octanol–water partition coefficient (Wildman–Crippen LogP) is 2.37. The van der Waals surface area contributed by atoms with Crippen LogP contribution < -0.4 is 5.32 Å². The lowest BCUT2D eigenvalue weighted by atomic mass is 10.1. The van der Waals surface area contributed by atoms with Gasteiger partial charge in [-0.25, -0.2) is 0 Å². The summed E-state index contributed by atoms with van der Waals surface area (Å²) >= 11 is 9.25. The zero-order chi connectivity index (χ0) is 12.0. The lowest BCUT2D eigenvalue weighted by molar-refractivity contribution is 0.161. The number of hydrogen-bond donors (Lipinski definition) is 2.